The van der Waals surface area contributed by atoms with E-state index in [0.717, 1.165) is 12.0 Å². The average molecular weight is 307 g/mol. The Bertz CT molecular complexity index is 754. The van der Waals surface area contributed by atoms with Crippen molar-refractivity contribution in [1.82, 2.24) is 14.7 Å². The van der Waals surface area contributed by atoms with E-state index in [0.29, 0.717) is 6.04 Å². The lowest BCUT2D eigenvalue weighted by atomic mass is 9.91. The number of fused-ring (bicyclic) bond motifs is 1. The molecule has 2 aromatic rings. The second-order valence-electron chi connectivity index (χ2n) is 6.56. The van der Waals surface area contributed by atoms with Crippen LogP contribution in [0.15, 0.2) is 36.3 Å². The van der Waals surface area contributed by atoms with E-state index >= 15 is 0 Å². The molecular formula is C19H23N4. The van der Waals surface area contributed by atoms with Crippen molar-refractivity contribution in [1.29, 1.82) is 0 Å². The lowest BCUT2D eigenvalue weighted by Gasteiger charge is -2.35. The highest BCUT2D eigenvalue weighted by Crippen LogP contribution is 2.40. The summed E-state index contributed by atoms with van der Waals surface area (Å²) in [4.78, 5) is 2.41. The van der Waals surface area contributed by atoms with E-state index in [9.17, 15) is 0 Å². The van der Waals surface area contributed by atoms with Gasteiger partial charge >= 0.3 is 0 Å². The van der Waals surface area contributed by atoms with Gasteiger partial charge in [-0.15, -0.1) is 0 Å². The van der Waals surface area contributed by atoms with E-state index in [4.69, 9.17) is 5.73 Å². The minimum absolute atomic E-state index is 0.0991. The molecule has 119 valence electrons. The van der Waals surface area contributed by atoms with Crippen molar-refractivity contribution in [2.75, 3.05) is 0 Å². The van der Waals surface area contributed by atoms with Gasteiger partial charge in [-0.3, -0.25) is 4.68 Å². The predicted octanol–water partition coefficient (Wildman–Crippen LogP) is 3.15. The summed E-state index contributed by atoms with van der Waals surface area (Å²) in [6, 6.07) is 7.19. The highest BCUT2D eigenvalue weighted by molar-refractivity contribution is 5.76. The Kier molecular flexibility index (Phi) is 3.49. The predicted molar refractivity (Wildman–Crippen MR) is 93.2 cm³/mol. The van der Waals surface area contributed by atoms with Crippen molar-refractivity contribution in [3.63, 3.8) is 0 Å². The van der Waals surface area contributed by atoms with Crippen molar-refractivity contribution in [3.05, 3.63) is 54.0 Å². The van der Waals surface area contributed by atoms with E-state index in [1.807, 2.05) is 17.9 Å². The summed E-state index contributed by atoms with van der Waals surface area (Å²) in [5, 5.41) is 4.32. The Morgan fingerprint density at radius 1 is 1.35 bits per heavy atom. The van der Waals surface area contributed by atoms with Crippen LogP contribution in [0.2, 0.25) is 0 Å². The van der Waals surface area contributed by atoms with Crippen LogP contribution in [0.5, 0.6) is 0 Å². The van der Waals surface area contributed by atoms with Gasteiger partial charge in [-0.05, 0) is 42.0 Å². The van der Waals surface area contributed by atoms with E-state index in [1.54, 1.807) is 0 Å². The van der Waals surface area contributed by atoms with Crippen LogP contribution < -0.4 is 5.73 Å². The molecule has 0 saturated heterocycles. The summed E-state index contributed by atoms with van der Waals surface area (Å²) in [5.74, 6) is 0. The van der Waals surface area contributed by atoms with E-state index < -0.39 is 0 Å². The van der Waals surface area contributed by atoms with Crippen molar-refractivity contribution in [3.8, 4) is 11.1 Å². The van der Waals surface area contributed by atoms with Crippen LogP contribution in [-0.4, -0.2) is 26.8 Å². The van der Waals surface area contributed by atoms with Crippen LogP contribution in [0, 0.1) is 6.54 Å². The Hall–Kier alpha value is -2.07. The highest BCUT2D eigenvalue weighted by Gasteiger charge is 2.35. The molecule has 23 heavy (non-hydrogen) atoms. The van der Waals surface area contributed by atoms with Gasteiger partial charge in [0.2, 0.25) is 0 Å². The number of nitrogens with two attached hydrogens (primary N) is 1. The largest absolute Gasteiger partial charge is 0.361 e. The fraction of sp³-hybridized carbons (Fsp3) is 0.368. The second kappa shape index (κ2) is 5.53. The molecule has 0 bridgehead atoms. The van der Waals surface area contributed by atoms with Crippen LogP contribution in [0.1, 0.15) is 37.3 Å². The lowest BCUT2D eigenvalue weighted by Crippen LogP contribution is -2.36. The van der Waals surface area contributed by atoms with Crippen molar-refractivity contribution >= 4 is 6.08 Å². The number of nitrogens with zero attached hydrogens (tertiary/aromatic N) is 3. The van der Waals surface area contributed by atoms with E-state index in [-0.39, 0.29) is 6.04 Å². The minimum Gasteiger partial charge on any atom is -0.361 e. The second-order valence-corrected chi connectivity index (χ2v) is 6.56. The normalized spacial score (nSPS) is 18.6. The lowest BCUT2D eigenvalue weighted by molar-refractivity contribution is 0.382. The van der Waals surface area contributed by atoms with Crippen LogP contribution in [0.3, 0.4) is 0 Å². The van der Waals surface area contributed by atoms with Gasteiger partial charge in [0, 0.05) is 36.6 Å². The summed E-state index contributed by atoms with van der Waals surface area (Å²) in [7, 11) is 1.96. The van der Waals surface area contributed by atoms with Crippen LogP contribution in [0.4, 0.5) is 0 Å². The Balaban J connectivity index is 1.81. The molecule has 4 rings (SSSR count). The zero-order valence-corrected chi connectivity index (χ0v) is 13.7. The number of aromatic nitrogens is 2. The van der Waals surface area contributed by atoms with Gasteiger partial charge in [-0.2, -0.15) is 5.10 Å². The Morgan fingerprint density at radius 3 is 2.83 bits per heavy atom. The summed E-state index contributed by atoms with van der Waals surface area (Å²) in [5.41, 5.74) is 12.6. The number of hydrogen-bond donors (Lipinski definition) is 1. The monoisotopic (exact) mass is 307 g/mol. The first kappa shape index (κ1) is 14.5. The number of rotatable bonds is 4. The third-order valence-corrected chi connectivity index (χ3v) is 4.79. The van der Waals surface area contributed by atoms with Gasteiger partial charge in [0.15, 0.2) is 0 Å². The molecule has 0 spiro atoms. The molecule has 1 aromatic carbocycles. The molecule has 2 heterocycles. The van der Waals surface area contributed by atoms with E-state index in [1.165, 1.54) is 35.2 Å². The zero-order chi connectivity index (χ0) is 16.0. The third kappa shape index (κ3) is 2.57. The summed E-state index contributed by atoms with van der Waals surface area (Å²) >= 11 is 0. The fourth-order valence-corrected chi connectivity index (χ4v) is 3.29. The number of benzene rings is 1. The van der Waals surface area contributed by atoms with Crippen molar-refractivity contribution < 1.29 is 0 Å². The topological polar surface area (TPSA) is 47.1 Å². The Labute approximate surface area is 137 Å². The van der Waals surface area contributed by atoms with Gasteiger partial charge in [0.25, 0.3) is 0 Å². The standard InChI is InChI=1S/C19H23N4/c1-3-18(20)19-9-13-5-4-6-16(14-10-21-22(2)11-14)17(13)12-23(19)15-7-8-15/h4-6,9-12,15,18H,3,7-8,20H2,1-2H3/t18-/m0/s1. The van der Waals surface area contributed by atoms with Crippen LogP contribution in [-0.2, 0) is 7.05 Å². The first-order valence-electron chi connectivity index (χ1n) is 8.39. The Morgan fingerprint density at radius 2 is 2.17 bits per heavy atom. The molecular weight excluding hydrogens is 284 g/mol. The summed E-state index contributed by atoms with van der Waals surface area (Å²) in [6.45, 7) is 4.46. The molecule has 1 radical (unpaired) electrons. The maximum absolute atomic E-state index is 6.37. The van der Waals surface area contributed by atoms with Gasteiger partial charge in [-0.1, -0.05) is 25.1 Å². The quantitative estimate of drug-likeness (QED) is 0.944. The van der Waals surface area contributed by atoms with Gasteiger partial charge < -0.3 is 10.6 Å². The number of hydrogen-bond acceptors (Lipinski definition) is 3. The molecule has 1 aliphatic carbocycles. The maximum Gasteiger partial charge on any atom is 0.0801 e. The molecule has 1 aliphatic heterocycles. The van der Waals surface area contributed by atoms with Crippen molar-refractivity contribution in [2.45, 2.75) is 38.3 Å². The fourth-order valence-electron chi connectivity index (χ4n) is 3.29. The van der Waals surface area contributed by atoms with Gasteiger partial charge in [0.05, 0.1) is 12.7 Å². The molecule has 0 unspecified atom stereocenters. The minimum atomic E-state index is 0.0991. The molecule has 2 aliphatic rings. The molecule has 1 aromatic heterocycles. The van der Waals surface area contributed by atoms with Gasteiger partial charge in [-0.25, -0.2) is 0 Å². The first-order chi connectivity index (χ1) is 11.2. The highest BCUT2D eigenvalue weighted by atomic mass is 15.2. The van der Waals surface area contributed by atoms with Crippen molar-refractivity contribution in [2.24, 2.45) is 12.8 Å². The molecule has 0 amide bonds. The SMILES string of the molecule is CC[C@H](N)C1=Cc2cccc(-c3cnn(C)c3)c2[CH]N1C1CC1. The van der Waals surface area contributed by atoms with Gasteiger partial charge in [0.1, 0.15) is 0 Å². The average Bonchev–Trinajstić information content (AvgIpc) is 3.33. The molecule has 1 saturated carbocycles. The van der Waals surface area contributed by atoms with E-state index in [2.05, 4.69) is 53.9 Å². The maximum atomic E-state index is 6.37. The molecule has 4 heteroatoms. The zero-order valence-electron chi connectivity index (χ0n) is 13.7. The molecule has 4 nitrogen and oxygen atoms in total. The third-order valence-electron chi connectivity index (χ3n) is 4.79. The summed E-state index contributed by atoms with van der Waals surface area (Å²) in [6.07, 6.45) is 9.76. The van der Waals surface area contributed by atoms with Crippen LogP contribution >= 0.6 is 0 Å². The first-order valence-corrected chi connectivity index (χ1v) is 8.39. The van der Waals surface area contributed by atoms with Crippen LogP contribution in [0.25, 0.3) is 17.2 Å². The molecule has 2 N–H and O–H groups in total. The number of aryl methyl sites for hydroxylation is 1. The summed E-state index contributed by atoms with van der Waals surface area (Å²) < 4.78 is 1.85. The molecule has 1 fully saturated rings. The molecule has 1 atom stereocenters. The smallest absolute Gasteiger partial charge is 0.0801 e.